The molecule has 6 heteroatoms. The number of hydrogen-bond donors (Lipinski definition) is 1. The molecule has 176 valence electrons. The molecular formula is C28H29NO5. The number of aliphatic hydroxyl groups is 1. The smallest absolute Gasteiger partial charge is 0.410 e. The molecule has 3 aromatic carbocycles. The van der Waals surface area contributed by atoms with E-state index in [9.17, 15) is 9.90 Å². The third-order valence-corrected chi connectivity index (χ3v) is 6.61. The Hall–Kier alpha value is -3.35. The fourth-order valence-corrected chi connectivity index (χ4v) is 4.91. The Morgan fingerprint density at radius 2 is 1.41 bits per heavy atom. The highest BCUT2D eigenvalue weighted by Gasteiger charge is 2.49. The lowest BCUT2D eigenvalue weighted by Crippen LogP contribution is -2.62. The monoisotopic (exact) mass is 459 g/mol. The zero-order valence-corrected chi connectivity index (χ0v) is 19.0. The van der Waals surface area contributed by atoms with Crippen LogP contribution in [0.25, 0.3) is 0 Å². The van der Waals surface area contributed by atoms with Crippen molar-refractivity contribution in [2.24, 2.45) is 0 Å². The van der Waals surface area contributed by atoms with Crippen LogP contribution >= 0.6 is 0 Å². The van der Waals surface area contributed by atoms with Gasteiger partial charge in [0.05, 0.1) is 30.9 Å². The Bertz CT molecular complexity index is 1070. The summed E-state index contributed by atoms with van der Waals surface area (Å²) in [7, 11) is 0. The van der Waals surface area contributed by atoms with Crippen molar-refractivity contribution in [1.29, 1.82) is 0 Å². The van der Waals surface area contributed by atoms with Gasteiger partial charge in [0.1, 0.15) is 19.0 Å². The van der Waals surface area contributed by atoms with E-state index in [2.05, 4.69) is 0 Å². The molecule has 1 N–H and O–H groups in total. The molecule has 34 heavy (non-hydrogen) atoms. The van der Waals surface area contributed by atoms with E-state index in [4.69, 9.17) is 14.2 Å². The van der Waals surface area contributed by atoms with E-state index in [1.165, 1.54) is 0 Å². The maximum atomic E-state index is 12.9. The van der Waals surface area contributed by atoms with Gasteiger partial charge in [0.15, 0.2) is 0 Å². The average molecular weight is 460 g/mol. The largest absolute Gasteiger partial charge is 0.489 e. The molecule has 2 unspecified atom stereocenters. The van der Waals surface area contributed by atoms with Crippen LogP contribution in [0.4, 0.5) is 4.79 Å². The minimum Gasteiger partial charge on any atom is -0.489 e. The summed E-state index contributed by atoms with van der Waals surface area (Å²) >= 11 is 0. The molecule has 2 fully saturated rings. The van der Waals surface area contributed by atoms with Gasteiger partial charge in [-0.25, -0.2) is 4.79 Å². The van der Waals surface area contributed by atoms with Crippen molar-refractivity contribution in [2.75, 3.05) is 13.2 Å². The molecular weight excluding hydrogens is 430 g/mol. The van der Waals surface area contributed by atoms with Crippen molar-refractivity contribution in [1.82, 2.24) is 4.90 Å². The fraction of sp³-hybridized carbons (Fsp3) is 0.321. The van der Waals surface area contributed by atoms with Crippen molar-refractivity contribution in [3.8, 4) is 5.75 Å². The van der Waals surface area contributed by atoms with E-state index >= 15 is 0 Å². The number of rotatable bonds is 6. The quantitative estimate of drug-likeness (QED) is 0.581. The molecule has 2 aliphatic rings. The van der Waals surface area contributed by atoms with Crippen LogP contribution in [0.3, 0.4) is 0 Å². The van der Waals surface area contributed by atoms with Crippen LogP contribution in [0.2, 0.25) is 0 Å². The van der Waals surface area contributed by atoms with Crippen molar-refractivity contribution in [3.05, 3.63) is 102 Å². The summed E-state index contributed by atoms with van der Waals surface area (Å²) < 4.78 is 17.2. The molecule has 2 saturated heterocycles. The normalized spacial score (nSPS) is 23.9. The van der Waals surface area contributed by atoms with Crippen LogP contribution < -0.4 is 4.74 Å². The Balaban J connectivity index is 1.23. The zero-order chi connectivity index (χ0) is 23.4. The van der Waals surface area contributed by atoms with E-state index < -0.39 is 5.60 Å². The molecule has 2 heterocycles. The van der Waals surface area contributed by atoms with Gasteiger partial charge in [-0.2, -0.15) is 0 Å². The predicted octanol–water partition coefficient (Wildman–Crippen LogP) is 4.65. The van der Waals surface area contributed by atoms with Gasteiger partial charge < -0.3 is 19.3 Å². The number of carbonyl (C=O) groups is 1. The van der Waals surface area contributed by atoms with E-state index in [1.807, 2.05) is 84.9 Å². The molecule has 0 spiro atoms. The first kappa shape index (κ1) is 22.4. The Morgan fingerprint density at radius 3 is 2.00 bits per heavy atom. The first-order valence-electron chi connectivity index (χ1n) is 11.7. The molecule has 5 rings (SSSR count). The predicted molar refractivity (Wildman–Crippen MR) is 127 cm³/mol. The van der Waals surface area contributed by atoms with Gasteiger partial charge in [0.2, 0.25) is 0 Å². The molecule has 0 radical (unpaired) electrons. The van der Waals surface area contributed by atoms with Gasteiger partial charge in [-0.15, -0.1) is 0 Å². The van der Waals surface area contributed by atoms with Crippen LogP contribution in [0.15, 0.2) is 84.9 Å². The van der Waals surface area contributed by atoms with Crippen molar-refractivity contribution in [3.63, 3.8) is 0 Å². The maximum absolute atomic E-state index is 12.9. The van der Waals surface area contributed by atoms with Gasteiger partial charge in [-0.3, -0.25) is 4.90 Å². The van der Waals surface area contributed by atoms with Crippen molar-refractivity contribution in [2.45, 2.75) is 43.7 Å². The molecule has 0 saturated carbocycles. The van der Waals surface area contributed by atoms with Crippen molar-refractivity contribution < 1.29 is 24.1 Å². The summed E-state index contributed by atoms with van der Waals surface area (Å²) in [6.07, 6.45) is 0.441. The standard InChI is InChI=1S/C28H29NO5/c30-27(34-18-22-9-5-2-6-10-22)29-24-15-28(31,16-25(29)20-32-19-24)23-11-13-26(14-12-23)33-17-21-7-3-1-4-8-21/h1-14,24-25,31H,15-20H2. The minimum atomic E-state index is -1.03. The number of morpholine rings is 1. The molecule has 0 aromatic heterocycles. The first-order chi connectivity index (χ1) is 16.6. The first-order valence-corrected chi connectivity index (χ1v) is 11.7. The van der Waals surface area contributed by atoms with E-state index in [-0.39, 0.29) is 24.8 Å². The minimum absolute atomic E-state index is 0.227. The molecule has 0 aliphatic carbocycles. The highest BCUT2D eigenvalue weighted by atomic mass is 16.6. The lowest BCUT2D eigenvalue weighted by molar-refractivity contribution is -0.136. The second-order valence-corrected chi connectivity index (χ2v) is 9.03. The van der Waals surface area contributed by atoms with Crippen LogP contribution in [-0.2, 0) is 28.3 Å². The number of piperidine rings is 1. The third kappa shape index (κ3) is 4.93. The van der Waals surface area contributed by atoms with Crippen LogP contribution in [0, 0.1) is 0 Å². The molecule has 1 amide bonds. The highest BCUT2D eigenvalue weighted by Crippen LogP contribution is 2.41. The topological polar surface area (TPSA) is 68.2 Å². The van der Waals surface area contributed by atoms with Gasteiger partial charge >= 0.3 is 6.09 Å². The van der Waals surface area contributed by atoms with E-state index in [0.29, 0.717) is 32.7 Å². The van der Waals surface area contributed by atoms with Gasteiger partial charge in [-0.1, -0.05) is 72.8 Å². The average Bonchev–Trinajstić information content (AvgIpc) is 2.87. The Labute approximate surface area is 199 Å². The molecule has 2 bridgehead atoms. The lowest BCUT2D eigenvalue weighted by atomic mass is 9.77. The maximum Gasteiger partial charge on any atom is 0.410 e. The van der Waals surface area contributed by atoms with Crippen molar-refractivity contribution >= 4 is 6.09 Å². The molecule has 2 atom stereocenters. The Morgan fingerprint density at radius 1 is 0.853 bits per heavy atom. The van der Waals surface area contributed by atoms with Gasteiger partial charge in [-0.05, 0) is 28.8 Å². The van der Waals surface area contributed by atoms with Crippen LogP contribution in [-0.4, -0.2) is 41.4 Å². The van der Waals surface area contributed by atoms with E-state index in [1.54, 1.807) is 4.90 Å². The Kier molecular flexibility index (Phi) is 6.52. The number of fused-ring (bicyclic) bond motifs is 2. The number of nitrogens with zero attached hydrogens (tertiary/aromatic N) is 1. The SMILES string of the molecule is O=C(OCc1ccccc1)N1C2COCC1CC(O)(c1ccc(OCc3ccccc3)cc1)C2. The molecule has 2 aliphatic heterocycles. The van der Waals surface area contributed by atoms with E-state index in [0.717, 1.165) is 22.4 Å². The number of ether oxygens (including phenoxy) is 3. The number of carbonyl (C=O) groups excluding carboxylic acids is 1. The summed E-state index contributed by atoms with van der Waals surface area (Å²) in [5.74, 6) is 0.752. The third-order valence-electron chi connectivity index (χ3n) is 6.61. The zero-order valence-electron chi connectivity index (χ0n) is 19.0. The van der Waals surface area contributed by atoms with Gasteiger partial charge in [0.25, 0.3) is 0 Å². The second-order valence-electron chi connectivity index (χ2n) is 9.03. The number of benzene rings is 3. The summed E-state index contributed by atoms with van der Waals surface area (Å²) in [4.78, 5) is 14.7. The second kappa shape index (κ2) is 9.87. The molecule has 6 nitrogen and oxygen atoms in total. The summed E-state index contributed by atoms with van der Waals surface area (Å²) in [5.41, 5.74) is 1.84. The van der Waals surface area contributed by atoms with Crippen LogP contribution in [0.1, 0.15) is 29.5 Å². The molecule has 3 aromatic rings. The summed E-state index contributed by atoms with van der Waals surface area (Å²) in [6.45, 7) is 1.49. The number of hydrogen-bond acceptors (Lipinski definition) is 5. The summed E-state index contributed by atoms with van der Waals surface area (Å²) in [5, 5.41) is 11.6. The number of amides is 1. The summed E-state index contributed by atoms with van der Waals surface area (Å²) in [6, 6.07) is 26.8. The van der Waals surface area contributed by atoms with Crippen LogP contribution in [0.5, 0.6) is 5.75 Å². The fourth-order valence-electron chi connectivity index (χ4n) is 4.91. The highest BCUT2D eigenvalue weighted by molar-refractivity contribution is 5.69. The lowest BCUT2D eigenvalue weighted by Gasteiger charge is -2.51. The van der Waals surface area contributed by atoms with Gasteiger partial charge in [0, 0.05) is 12.8 Å².